The number of nitrogens with zero attached hydrogens (tertiary/aromatic N) is 3. The predicted molar refractivity (Wildman–Crippen MR) is 323 cm³/mol. The van der Waals surface area contributed by atoms with E-state index in [1.165, 1.54) is 55.2 Å². The van der Waals surface area contributed by atoms with E-state index in [4.69, 9.17) is 48.5 Å². The van der Waals surface area contributed by atoms with Crippen LogP contribution in [-0.2, 0) is 65.4 Å². The number of imide groups is 1. The highest BCUT2D eigenvalue weighted by Crippen LogP contribution is 2.50. The highest BCUT2D eigenvalue weighted by Gasteiger charge is 2.64. The largest absolute Gasteiger partial charge is 0.462 e. The zero-order valence-corrected chi connectivity index (χ0v) is 52.3. The van der Waals surface area contributed by atoms with Gasteiger partial charge in [-0.3, -0.25) is 38.5 Å². The number of unbranched alkanes of at least 4 members (excludes halogenated alkanes) is 2. The number of esters is 2. The number of primary amides is 1. The van der Waals surface area contributed by atoms with Crippen molar-refractivity contribution < 1.29 is 71.6 Å². The molecule has 7 amide bonds. The van der Waals surface area contributed by atoms with Crippen molar-refractivity contribution in [3.8, 4) is 0 Å². The minimum Gasteiger partial charge on any atom is -0.462 e. The number of nitrogens with one attached hydrogen (secondary N) is 2. The summed E-state index contributed by atoms with van der Waals surface area (Å²) in [6.45, 7) is 12.7. The maximum Gasteiger partial charge on any atom is 0.328 e. The first kappa shape index (κ1) is 68.4. The molecule has 5 N–H and O–H groups in total. The molecular weight excluding hydrogens is 1150 g/mol. The smallest absolute Gasteiger partial charge is 0.328 e. The number of Topliss-reactive ketones (excluding diaryl/α,β-unsaturated/α-hetero) is 1. The Labute approximate surface area is 512 Å². The van der Waals surface area contributed by atoms with Crippen LogP contribution in [0.25, 0.3) is 0 Å². The maximum atomic E-state index is 16.2. The van der Waals surface area contributed by atoms with E-state index in [0.717, 1.165) is 22.1 Å². The number of aliphatic hydroxyl groups is 1. The number of halogens is 2. The number of amides is 7. The van der Waals surface area contributed by atoms with Crippen molar-refractivity contribution in [2.45, 2.75) is 173 Å². The summed E-state index contributed by atoms with van der Waals surface area (Å²) < 4.78 is 40.3. The average molecular weight is 1230 g/mol. The lowest BCUT2D eigenvalue weighted by Gasteiger charge is -2.41. The number of hydrogen-bond donors (Lipinski definition) is 4. The first-order valence-electron chi connectivity index (χ1n) is 29.2. The number of allylic oxidation sites excluding steroid dienone is 3. The molecule has 2 aromatic rings. The van der Waals surface area contributed by atoms with Gasteiger partial charge >= 0.3 is 18.0 Å². The molecule has 2 aromatic carbocycles. The van der Waals surface area contributed by atoms with E-state index in [-0.39, 0.29) is 68.4 Å². The molecule has 23 heteroatoms. The molecule has 10 atom stereocenters. The highest BCUT2D eigenvalue weighted by molar-refractivity contribution is 7.80. The van der Waals surface area contributed by atoms with Gasteiger partial charge in [0.2, 0.25) is 11.8 Å². The number of ketones is 1. The number of likely N-dealkylation sites (N-methyl/N-ethyl adjacent to an activating group) is 1. The van der Waals surface area contributed by atoms with Crippen LogP contribution >= 0.6 is 23.8 Å². The number of rotatable bonds is 23. The lowest BCUT2D eigenvalue weighted by atomic mass is 9.78. The number of methoxy groups -OCH3 is 1. The van der Waals surface area contributed by atoms with Gasteiger partial charge in [-0.1, -0.05) is 86.9 Å². The van der Waals surface area contributed by atoms with Crippen LogP contribution in [0.15, 0.2) is 66.3 Å². The van der Waals surface area contributed by atoms with Crippen molar-refractivity contribution in [1.82, 2.24) is 20.4 Å². The van der Waals surface area contributed by atoms with Crippen LogP contribution < -0.4 is 21.3 Å². The molecule has 0 aromatic heterocycles. The molecular formula is C63H82ClFN6O14S. The zero-order chi connectivity index (χ0) is 63.5. The molecule has 0 unspecified atom stereocenters. The molecule has 0 radical (unpaired) electrons. The summed E-state index contributed by atoms with van der Waals surface area (Å²) in [5.41, 5.74) is 4.87. The maximum absolute atomic E-state index is 16.2. The van der Waals surface area contributed by atoms with Gasteiger partial charge < -0.3 is 50.2 Å². The molecule has 2 saturated heterocycles. The Kier molecular flexibility index (Phi) is 23.7. The molecule has 4 heterocycles. The van der Waals surface area contributed by atoms with E-state index in [0.29, 0.717) is 59.8 Å². The lowest BCUT2D eigenvalue weighted by molar-refractivity contribution is -0.187. The number of nitrogens with two attached hydrogens (primary N) is 1. The minimum atomic E-state index is -1.67. The summed E-state index contributed by atoms with van der Waals surface area (Å²) in [6.07, 6.45) is 6.36. The molecule has 0 aliphatic carbocycles. The van der Waals surface area contributed by atoms with E-state index in [2.05, 4.69) is 10.6 Å². The molecule has 2 fully saturated rings. The summed E-state index contributed by atoms with van der Waals surface area (Å²) in [4.78, 5) is 123. The molecule has 4 bridgehead atoms. The second-order valence-corrected chi connectivity index (χ2v) is 24.7. The van der Waals surface area contributed by atoms with E-state index in [9.17, 15) is 48.3 Å². The number of anilines is 1. The summed E-state index contributed by atoms with van der Waals surface area (Å²) in [7, 11) is 4.28. The van der Waals surface area contributed by atoms with Gasteiger partial charge in [0.15, 0.2) is 5.78 Å². The number of fused-ring (bicyclic) bond motifs is 5. The van der Waals surface area contributed by atoms with E-state index in [1.54, 1.807) is 39.1 Å². The minimum absolute atomic E-state index is 0.0274. The highest BCUT2D eigenvalue weighted by atomic mass is 35.5. The summed E-state index contributed by atoms with van der Waals surface area (Å²) in [5, 5.41) is 17.7. The van der Waals surface area contributed by atoms with Crippen molar-refractivity contribution in [2.24, 2.45) is 23.5 Å². The van der Waals surface area contributed by atoms with Crippen molar-refractivity contribution in [1.29, 1.82) is 0 Å². The van der Waals surface area contributed by atoms with Crippen LogP contribution in [0.4, 0.5) is 14.9 Å². The van der Waals surface area contributed by atoms with Gasteiger partial charge in [0, 0.05) is 71.1 Å². The number of epoxide rings is 1. The number of carbonyl (C=O) groups is 9. The van der Waals surface area contributed by atoms with Crippen LogP contribution in [-0.4, -0.2) is 155 Å². The molecule has 0 spiro atoms. The van der Waals surface area contributed by atoms with Crippen molar-refractivity contribution in [3.63, 3.8) is 0 Å². The van der Waals surface area contributed by atoms with Crippen LogP contribution in [0.2, 0.25) is 5.02 Å². The second kappa shape index (κ2) is 29.8. The molecule has 4 aliphatic rings. The molecule has 0 saturated carbocycles. The van der Waals surface area contributed by atoms with Crippen LogP contribution in [0.3, 0.4) is 0 Å². The molecule has 86 heavy (non-hydrogen) atoms. The molecule has 20 nitrogen and oxygen atoms in total. The third-order valence-electron chi connectivity index (χ3n) is 16.8. The number of ether oxygens (including phenoxy) is 4. The Balaban J connectivity index is 1.15. The van der Waals surface area contributed by atoms with E-state index >= 15 is 4.39 Å². The van der Waals surface area contributed by atoms with E-state index in [1.807, 2.05) is 39.8 Å². The van der Waals surface area contributed by atoms with Gasteiger partial charge in [0.25, 0.3) is 17.7 Å². The van der Waals surface area contributed by atoms with Gasteiger partial charge in [0.05, 0.1) is 41.3 Å². The van der Waals surface area contributed by atoms with Gasteiger partial charge in [0.1, 0.15) is 41.4 Å². The number of carbonyl (C=O) groups excluding carboxylic acids is 9. The van der Waals surface area contributed by atoms with Crippen LogP contribution in [0.5, 0.6) is 0 Å². The van der Waals surface area contributed by atoms with Gasteiger partial charge in [-0.25, -0.2) is 14.0 Å². The fourth-order valence-corrected chi connectivity index (χ4v) is 11.9. The van der Waals surface area contributed by atoms with E-state index < -0.39 is 119 Å². The third kappa shape index (κ3) is 17.3. The Morgan fingerprint density at radius 3 is 2.37 bits per heavy atom. The Hall–Kier alpha value is -6.72. The normalized spacial score (nSPS) is 25.3. The Morgan fingerprint density at radius 2 is 1.72 bits per heavy atom. The van der Waals surface area contributed by atoms with Crippen LogP contribution in [0.1, 0.15) is 133 Å². The molecule has 6 rings (SSSR count). The summed E-state index contributed by atoms with van der Waals surface area (Å²) >= 11 is 12.5. The van der Waals surface area contributed by atoms with Gasteiger partial charge in [-0.2, -0.15) is 0 Å². The standard InChI is InChI=1S/C63H82ClFN6O14S/c1-35(2)44(31-42(86)17-12-11-13-25-71-52(73)22-23-53(71)74)58(77)68-46(18-15-24-67-61(66)80)48(72)30-40-20-21-43(45(65)28-40)59(78)69(8)39(6)60(79)84-51-32-54(75)70(9)47-29-41(27-37(4)56(47)64)26-36(3)16-14-19-50(82-10)63(81)33-49(83-55(76)34-63)38(5)57-62(51,7)85-57/h14,16,19-23,27-29,35,38-39,44,46,49-51,57,81H,11-13,15,17-18,24-26,30-34H2,1-10H3,(H,68,77)(H3,66,67,80)/b19-14+,36-16+/t38-,39+,44+,46+,49+,50-,51+,57+,62+,63-/m1/s1. The van der Waals surface area contributed by atoms with Crippen LogP contribution in [0, 0.1) is 30.5 Å². The van der Waals surface area contributed by atoms with Gasteiger partial charge in [-0.15, -0.1) is 0 Å². The first-order valence-corrected chi connectivity index (χ1v) is 30.0. The second-order valence-electron chi connectivity index (χ2n) is 23.8. The van der Waals surface area contributed by atoms with Gasteiger partial charge in [-0.05, 0) is 118 Å². The number of benzene rings is 2. The fourth-order valence-electron chi connectivity index (χ4n) is 11.3. The Bertz CT molecular complexity index is 3030. The fraction of sp³-hybridized carbons (Fsp3) is 0.556. The average Bonchev–Trinajstić information content (AvgIpc) is 1.60. The SMILES string of the molecule is CO[C@@H]1/C=C/C=C(\C)Cc2cc(C)c(Cl)c(c2)N(C)C(=O)C[C@H](OC(=O)[C@H](C)N(C)C(=O)c2ccc(CC(=O)[C@H](CCCNC(N)=O)NC(=O)[C@@H](CC(=S)CCCCCN3C(=O)C=CC3=O)C(C)C)cc2F)[C@]2(C)O[C@H]2[C@H](C)[C@@H]2C[C@@]1(O)CC(=O)O2. The van der Waals surface area contributed by atoms with Crippen molar-refractivity contribution >= 4 is 87.7 Å². The number of urea groups is 1. The molecule has 468 valence electrons. The monoisotopic (exact) mass is 1230 g/mol. The number of thiocarbonyl (C=S) groups is 1. The quantitative estimate of drug-likeness (QED) is 0.0285. The Morgan fingerprint density at radius 1 is 1.02 bits per heavy atom. The third-order valence-corrected chi connectivity index (χ3v) is 17.7. The predicted octanol–water partition coefficient (Wildman–Crippen LogP) is 7.08. The number of hydrogen-bond acceptors (Lipinski definition) is 15. The van der Waals surface area contributed by atoms with Crippen molar-refractivity contribution in [2.75, 3.05) is 39.2 Å². The summed E-state index contributed by atoms with van der Waals surface area (Å²) in [6, 6.07) is 4.12. The number of aryl methyl sites for hydroxylation is 1. The summed E-state index contributed by atoms with van der Waals surface area (Å²) in [5.74, 6) is -7.00. The topological polar surface area (TPSA) is 274 Å². The zero-order valence-electron chi connectivity index (χ0n) is 50.7. The first-order chi connectivity index (χ1) is 40.5. The lowest BCUT2D eigenvalue weighted by Crippen LogP contribution is -2.53. The van der Waals surface area contributed by atoms with Crippen molar-refractivity contribution in [3.05, 3.63) is 99.4 Å². The molecule has 4 aliphatic heterocycles.